The van der Waals surface area contributed by atoms with Gasteiger partial charge >= 0.3 is 0 Å². The standard InChI is InChI=1S/C12H29NO2Si/c1-6-14-11(15-7-2)16-10-8-9-13-12(3,4)5/h11,13H,6-10,16H2,1-5H3. The van der Waals surface area contributed by atoms with E-state index >= 15 is 0 Å². The van der Waals surface area contributed by atoms with Crippen molar-refractivity contribution in [1.29, 1.82) is 0 Å². The predicted molar refractivity (Wildman–Crippen MR) is 72.8 cm³/mol. The molecule has 0 amide bonds. The van der Waals surface area contributed by atoms with Gasteiger partial charge in [0, 0.05) is 18.8 Å². The molecule has 0 bridgehead atoms. The summed E-state index contributed by atoms with van der Waals surface area (Å²) in [7, 11) is -0.245. The molecule has 0 aliphatic heterocycles. The maximum Gasteiger partial charge on any atom is 0.134 e. The monoisotopic (exact) mass is 247 g/mol. The van der Waals surface area contributed by atoms with Crippen LogP contribution in [-0.2, 0) is 9.47 Å². The average Bonchev–Trinajstić information content (AvgIpc) is 2.16. The zero-order valence-electron chi connectivity index (χ0n) is 11.6. The molecule has 0 fully saturated rings. The first kappa shape index (κ1) is 16.1. The molecule has 0 aromatic carbocycles. The zero-order chi connectivity index (χ0) is 12.4. The number of rotatable bonds is 9. The molecule has 0 aliphatic carbocycles. The van der Waals surface area contributed by atoms with Crippen molar-refractivity contribution in [1.82, 2.24) is 5.32 Å². The Morgan fingerprint density at radius 3 is 2.12 bits per heavy atom. The van der Waals surface area contributed by atoms with Crippen LogP contribution in [0.1, 0.15) is 41.0 Å². The third-order valence-corrected chi connectivity index (χ3v) is 4.08. The molecule has 0 heterocycles. The van der Waals surface area contributed by atoms with Crippen LogP contribution in [0.25, 0.3) is 0 Å². The third kappa shape index (κ3) is 10.6. The minimum absolute atomic E-state index is 0.129. The summed E-state index contributed by atoms with van der Waals surface area (Å²) in [6.45, 7) is 13.3. The van der Waals surface area contributed by atoms with Gasteiger partial charge in [-0.25, -0.2) is 0 Å². The Kier molecular flexibility index (Phi) is 9.22. The van der Waals surface area contributed by atoms with Gasteiger partial charge < -0.3 is 14.8 Å². The van der Waals surface area contributed by atoms with Gasteiger partial charge in [0.25, 0.3) is 0 Å². The summed E-state index contributed by atoms with van der Waals surface area (Å²) in [5.41, 5.74) is 0.237. The first-order valence-corrected chi connectivity index (χ1v) is 8.29. The first-order valence-electron chi connectivity index (χ1n) is 6.47. The number of nitrogens with one attached hydrogen (secondary N) is 1. The fraction of sp³-hybridized carbons (Fsp3) is 1.00. The molecule has 1 N–H and O–H groups in total. The second-order valence-corrected chi connectivity index (χ2v) is 6.96. The van der Waals surface area contributed by atoms with Crippen molar-refractivity contribution in [2.45, 2.75) is 58.5 Å². The van der Waals surface area contributed by atoms with Crippen molar-refractivity contribution in [3.63, 3.8) is 0 Å². The zero-order valence-corrected chi connectivity index (χ0v) is 13.1. The lowest BCUT2D eigenvalue weighted by molar-refractivity contribution is -0.0827. The van der Waals surface area contributed by atoms with Gasteiger partial charge in [-0.3, -0.25) is 0 Å². The van der Waals surface area contributed by atoms with E-state index in [9.17, 15) is 0 Å². The van der Waals surface area contributed by atoms with Crippen molar-refractivity contribution in [2.24, 2.45) is 0 Å². The number of hydrogen-bond acceptors (Lipinski definition) is 3. The summed E-state index contributed by atoms with van der Waals surface area (Å²) in [4.78, 5) is 0. The number of hydrogen-bond donors (Lipinski definition) is 1. The molecule has 0 radical (unpaired) electrons. The van der Waals surface area contributed by atoms with Gasteiger partial charge in [-0.05, 0) is 47.6 Å². The molecule has 0 aromatic rings. The highest BCUT2D eigenvalue weighted by molar-refractivity contribution is 6.36. The lowest BCUT2D eigenvalue weighted by Crippen LogP contribution is -2.36. The van der Waals surface area contributed by atoms with Crippen LogP contribution in [0.2, 0.25) is 6.04 Å². The molecule has 0 spiro atoms. The SMILES string of the molecule is CCOC(OCC)[SiH2]CCCNC(C)(C)C. The van der Waals surface area contributed by atoms with Crippen molar-refractivity contribution in [2.75, 3.05) is 19.8 Å². The van der Waals surface area contributed by atoms with Crippen LogP contribution in [0.15, 0.2) is 0 Å². The topological polar surface area (TPSA) is 30.5 Å². The molecular formula is C12H29NO2Si. The normalized spacial score (nSPS) is 13.1. The fourth-order valence-electron chi connectivity index (χ4n) is 1.49. The second kappa shape index (κ2) is 9.16. The summed E-state index contributed by atoms with van der Waals surface area (Å²) in [5.74, 6) is 0.129. The van der Waals surface area contributed by atoms with Crippen LogP contribution >= 0.6 is 0 Å². The van der Waals surface area contributed by atoms with Crippen LogP contribution in [0.3, 0.4) is 0 Å². The largest absolute Gasteiger partial charge is 0.357 e. The Hall–Kier alpha value is 0.0969. The molecule has 0 atom stereocenters. The van der Waals surface area contributed by atoms with E-state index in [2.05, 4.69) is 26.1 Å². The van der Waals surface area contributed by atoms with Gasteiger partial charge in [0.15, 0.2) is 0 Å². The van der Waals surface area contributed by atoms with E-state index in [-0.39, 0.29) is 21.0 Å². The molecule has 0 saturated heterocycles. The van der Waals surface area contributed by atoms with Gasteiger partial charge in [0.05, 0.1) is 9.52 Å². The molecular weight excluding hydrogens is 218 g/mol. The van der Waals surface area contributed by atoms with E-state index in [1.54, 1.807) is 0 Å². The van der Waals surface area contributed by atoms with Gasteiger partial charge in [-0.2, -0.15) is 0 Å². The Bertz CT molecular complexity index is 154. The van der Waals surface area contributed by atoms with Crippen LogP contribution in [0.5, 0.6) is 0 Å². The van der Waals surface area contributed by atoms with E-state index in [1.807, 2.05) is 13.8 Å². The molecule has 4 heteroatoms. The summed E-state index contributed by atoms with van der Waals surface area (Å²) < 4.78 is 11.1. The van der Waals surface area contributed by atoms with Gasteiger partial charge in [-0.15, -0.1) is 0 Å². The van der Waals surface area contributed by atoms with Gasteiger partial charge in [-0.1, -0.05) is 6.04 Å². The highest BCUT2D eigenvalue weighted by Gasteiger charge is 2.10. The van der Waals surface area contributed by atoms with Gasteiger partial charge in [0.1, 0.15) is 5.91 Å². The van der Waals surface area contributed by atoms with Crippen molar-refractivity contribution in [3.05, 3.63) is 0 Å². The smallest absolute Gasteiger partial charge is 0.134 e. The van der Waals surface area contributed by atoms with Crippen molar-refractivity contribution < 1.29 is 9.47 Å². The van der Waals surface area contributed by atoms with Gasteiger partial charge in [0.2, 0.25) is 0 Å². The minimum atomic E-state index is -0.245. The first-order chi connectivity index (χ1) is 7.49. The molecule has 0 aromatic heterocycles. The van der Waals surface area contributed by atoms with E-state index in [1.165, 1.54) is 12.5 Å². The Morgan fingerprint density at radius 1 is 1.12 bits per heavy atom. The Morgan fingerprint density at radius 2 is 1.69 bits per heavy atom. The average molecular weight is 247 g/mol. The number of ether oxygens (including phenoxy) is 2. The van der Waals surface area contributed by atoms with Crippen LogP contribution < -0.4 is 5.32 Å². The molecule has 0 rings (SSSR count). The van der Waals surface area contributed by atoms with E-state index in [0.29, 0.717) is 0 Å². The maximum absolute atomic E-state index is 5.55. The van der Waals surface area contributed by atoms with Crippen LogP contribution in [0, 0.1) is 0 Å². The highest BCUT2D eigenvalue weighted by Crippen LogP contribution is 2.01. The summed E-state index contributed by atoms with van der Waals surface area (Å²) in [5, 5.41) is 3.50. The summed E-state index contributed by atoms with van der Waals surface area (Å²) in [6.07, 6.45) is 1.24. The maximum atomic E-state index is 5.55. The molecule has 16 heavy (non-hydrogen) atoms. The summed E-state index contributed by atoms with van der Waals surface area (Å²) in [6, 6.07) is 1.29. The van der Waals surface area contributed by atoms with Crippen LogP contribution in [-0.4, -0.2) is 40.7 Å². The van der Waals surface area contributed by atoms with E-state index in [0.717, 1.165) is 19.8 Å². The molecule has 0 unspecified atom stereocenters. The Labute approximate surface area is 103 Å². The molecule has 0 aliphatic rings. The molecule has 0 saturated carbocycles. The second-order valence-electron chi connectivity index (χ2n) is 5.01. The fourth-order valence-corrected chi connectivity index (χ4v) is 3.16. The minimum Gasteiger partial charge on any atom is -0.357 e. The van der Waals surface area contributed by atoms with Crippen molar-refractivity contribution >= 4 is 9.52 Å². The Balaban J connectivity index is 3.46. The predicted octanol–water partition coefficient (Wildman–Crippen LogP) is 1.71. The quantitative estimate of drug-likeness (QED) is 0.382. The summed E-state index contributed by atoms with van der Waals surface area (Å²) >= 11 is 0. The van der Waals surface area contributed by atoms with E-state index < -0.39 is 0 Å². The highest BCUT2D eigenvalue weighted by atomic mass is 28.2. The third-order valence-electron chi connectivity index (χ3n) is 2.23. The lowest BCUT2D eigenvalue weighted by atomic mass is 10.1. The lowest BCUT2D eigenvalue weighted by Gasteiger charge is -2.21. The van der Waals surface area contributed by atoms with E-state index in [4.69, 9.17) is 9.47 Å². The molecule has 98 valence electrons. The van der Waals surface area contributed by atoms with Crippen molar-refractivity contribution in [3.8, 4) is 0 Å². The molecule has 3 nitrogen and oxygen atoms in total. The van der Waals surface area contributed by atoms with Crippen LogP contribution in [0.4, 0.5) is 0 Å².